The summed E-state index contributed by atoms with van der Waals surface area (Å²) in [5.41, 5.74) is 0.408. The lowest BCUT2D eigenvalue weighted by molar-refractivity contribution is 0.0735. The van der Waals surface area contributed by atoms with Gasteiger partial charge in [0.2, 0.25) is 0 Å². The number of halogens is 4. The molecule has 0 heterocycles. The lowest BCUT2D eigenvalue weighted by Crippen LogP contribution is -2.08. The third kappa shape index (κ3) is 3.63. The quantitative estimate of drug-likeness (QED) is 0.383. The molecule has 19 heavy (non-hydrogen) atoms. The summed E-state index contributed by atoms with van der Waals surface area (Å²) in [5, 5.41) is 0.791. The highest BCUT2D eigenvalue weighted by Gasteiger charge is 2.13. The zero-order valence-corrected chi connectivity index (χ0v) is 13.1. The Bertz CT molecular complexity index is 627. The van der Waals surface area contributed by atoms with Crippen LogP contribution in [0.15, 0.2) is 40.9 Å². The zero-order chi connectivity index (χ0) is 14.0. The van der Waals surface area contributed by atoms with Crippen LogP contribution in [0.1, 0.15) is 10.4 Å². The molecule has 0 aliphatic rings. The van der Waals surface area contributed by atoms with Crippen molar-refractivity contribution in [3.8, 4) is 5.75 Å². The van der Waals surface area contributed by atoms with Gasteiger partial charge in [-0.05, 0) is 30.3 Å². The van der Waals surface area contributed by atoms with Crippen molar-refractivity contribution in [1.82, 2.24) is 0 Å². The maximum atomic E-state index is 11.9. The molecule has 2 aromatic rings. The van der Waals surface area contributed by atoms with E-state index in [9.17, 15) is 4.79 Å². The first-order chi connectivity index (χ1) is 8.97. The number of esters is 1. The summed E-state index contributed by atoms with van der Waals surface area (Å²) in [5.74, 6) is -0.350. The van der Waals surface area contributed by atoms with E-state index in [1.54, 1.807) is 24.3 Å². The summed E-state index contributed by atoms with van der Waals surface area (Å²) < 4.78 is 6.05. The average molecular weight is 380 g/mol. The van der Waals surface area contributed by atoms with Crippen molar-refractivity contribution < 1.29 is 9.53 Å². The number of benzene rings is 2. The number of carbonyl (C=O) groups is 1. The number of carbonyl (C=O) groups excluding carboxylic acids is 1. The first-order valence-electron chi connectivity index (χ1n) is 5.09. The van der Waals surface area contributed by atoms with Gasteiger partial charge in [0, 0.05) is 10.5 Å². The van der Waals surface area contributed by atoms with Crippen LogP contribution >= 0.6 is 50.7 Å². The predicted molar refractivity (Wildman–Crippen MR) is 80.6 cm³/mol. The molecule has 0 aromatic heterocycles. The Labute approximate surface area is 133 Å². The van der Waals surface area contributed by atoms with Gasteiger partial charge in [-0.2, -0.15) is 0 Å². The first kappa shape index (κ1) is 14.7. The van der Waals surface area contributed by atoms with Gasteiger partial charge >= 0.3 is 5.97 Å². The van der Waals surface area contributed by atoms with Crippen molar-refractivity contribution >= 4 is 56.7 Å². The predicted octanol–water partition coefficient (Wildman–Crippen LogP) is 5.63. The molecule has 0 aliphatic heterocycles. The van der Waals surface area contributed by atoms with Gasteiger partial charge in [-0.25, -0.2) is 4.79 Å². The third-order valence-electron chi connectivity index (χ3n) is 2.26. The monoisotopic (exact) mass is 378 g/mol. The van der Waals surface area contributed by atoms with Gasteiger partial charge in [-0.15, -0.1) is 0 Å². The average Bonchev–Trinajstić information content (AvgIpc) is 2.36. The molecule has 0 N–H and O–H groups in total. The van der Waals surface area contributed by atoms with E-state index in [2.05, 4.69) is 15.9 Å². The van der Waals surface area contributed by atoms with E-state index in [1.165, 1.54) is 12.1 Å². The van der Waals surface area contributed by atoms with E-state index in [0.29, 0.717) is 10.6 Å². The zero-order valence-electron chi connectivity index (χ0n) is 9.29. The Morgan fingerprint density at radius 2 is 1.53 bits per heavy atom. The molecule has 2 rings (SSSR count). The van der Waals surface area contributed by atoms with Gasteiger partial charge in [0.15, 0.2) is 5.75 Å². The van der Waals surface area contributed by atoms with E-state index in [4.69, 9.17) is 39.5 Å². The van der Waals surface area contributed by atoms with Crippen LogP contribution in [0.25, 0.3) is 0 Å². The second-order valence-corrected chi connectivity index (χ2v) is 5.73. The molecule has 0 atom stereocenters. The fourth-order valence-electron chi connectivity index (χ4n) is 1.33. The molecule has 0 fully saturated rings. The second-order valence-electron chi connectivity index (χ2n) is 3.59. The molecule has 98 valence electrons. The minimum atomic E-state index is -0.521. The topological polar surface area (TPSA) is 26.3 Å². The van der Waals surface area contributed by atoms with E-state index < -0.39 is 5.97 Å². The highest BCUT2D eigenvalue weighted by Crippen LogP contribution is 2.34. The Kier molecular flexibility index (Phi) is 4.74. The van der Waals surface area contributed by atoms with Gasteiger partial charge < -0.3 is 4.74 Å². The Morgan fingerprint density at radius 3 is 2.16 bits per heavy atom. The minimum Gasteiger partial charge on any atom is -0.421 e. The van der Waals surface area contributed by atoms with Crippen LogP contribution in [-0.4, -0.2) is 5.97 Å². The summed E-state index contributed by atoms with van der Waals surface area (Å²) >= 11 is 20.9. The molecular formula is C13H6BrCl3O2. The fourth-order valence-corrected chi connectivity index (χ4v) is 2.17. The van der Waals surface area contributed by atoms with E-state index in [1.807, 2.05) is 0 Å². The highest BCUT2D eigenvalue weighted by atomic mass is 79.9. The normalized spacial score (nSPS) is 10.3. The van der Waals surface area contributed by atoms with Gasteiger partial charge in [0.05, 0.1) is 20.6 Å². The molecule has 6 heteroatoms. The minimum absolute atomic E-state index is 0.170. The van der Waals surface area contributed by atoms with Crippen LogP contribution in [0.3, 0.4) is 0 Å². The molecule has 2 aromatic carbocycles. The highest BCUT2D eigenvalue weighted by molar-refractivity contribution is 9.10. The Hall–Kier alpha value is -0.740. The van der Waals surface area contributed by atoms with Gasteiger partial charge in [-0.1, -0.05) is 50.7 Å². The van der Waals surface area contributed by atoms with Crippen molar-refractivity contribution in [3.63, 3.8) is 0 Å². The molecule has 0 saturated heterocycles. The first-order valence-corrected chi connectivity index (χ1v) is 7.02. The largest absolute Gasteiger partial charge is 0.421 e. The van der Waals surface area contributed by atoms with Crippen LogP contribution in [0.4, 0.5) is 0 Å². The molecular weight excluding hydrogens is 374 g/mol. The fraction of sp³-hybridized carbons (Fsp3) is 0. The summed E-state index contributed by atoms with van der Waals surface area (Å²) in [6.07, 6.45) is 0. The smallest absolute Gasteiger partial charge is 0.343 e. The lowest BCUT2D eigenvalue weighted by atomic mass is 10.2. The van der Waals surface area contributed by atoms with Gasteiger partial charge in [0.25, 0.3) is 0 Å². The summed E-state index contributed by atoms with van der Waals surface area (Å²) in [6, 6.07) is 9.59. The van der Waals surface area contributed by atoms with Crippen molar-refractivity contribution in [2.24, 2.45) is 0 Å². The molecule has 0 saturated carbocycles. The summed E-state index contributed by atoms with van der Waals surface area (Å²) in [6.45, 7) is 0. The van der Waals surface area contributed by atoms with E-state index >= 15 is 0 Å². The Balaban J connectivity index is 2.24. The number of hydrogen-bond acceptors (Lipinski definition) is 2. The SMILES string of the molecule is O=C(Oc1cc(Cl)c(Cl)cc1Cl)c1ccc(Br)cc1. The maximum Gasteiger partial charge on any atom is 0.343 e. The Morgan fingerprint density at radius 1 is 0.947 bits per heavy atom. The van der Waals surface area contributed by atoms with Crippen LogP contribution in [0.2, 0.25) is 15.1 Å². The summed E-state index contributed by atoms with van der Waals surface area (Å²) in [4.78, 5) is 11.9. The van der Waals surface area contributed by atoms with Crippen molar-refractivity contribution in [2.75, 3.05) is 0 Å². The van der Waals surface area contributed by atoms with Crippen LogP contribution in [0.5, 0.6) is 5.75 Å². The molecule has 0 aliphatic carbocycles. The molecule has 2 nitrogen and oxygen atoms in total. The standard InChI is InChI=1S/C13H6BrCl3O2/c14-8-3-1-7(2-4-8)13(18)19-12-6-10(16)9(15)5-11(12)17/h1-6H. The molecule has 0 unspecified atom stereocenters. The second kappa shape index (κ2) is 6.14. The van der Waals surface area contributed by atoms with Crippen LogP contribution in [-0.2, 0) is 0 Å². The van der Waals surface area contributed by atoms with E-state index in [0.717, 1.165) is 4.47 Å². The van der Waals surface area contributed by atoms with Gasteiger partial charge in [0.1, 0.15) is 0 Å². The number of ether oxygens (including phenoxy) is 1. The molecule has 0 amide bonds. The van der Waals surface area contributed by atoms with Crippen molar-refractivity contribution in [2.45, 2.75) is 0 Å². The number of rotatable bonds is 2. The molecule has 0 bridgehead atoms. The van der Waals surface area contributed by atoms with Crippen molar-refractivity contribution in [1.29, 1.82) is 0 Å². The summed E-state index contributed by atoms with van der Waals surface area (Å²) in [7, 11) is 0. The maximum absolute atomic E-state index is 11.9. The molecule has 0 spiro atoms. The van der Waals surface area contributed by atoms with E-state index in [-0.39, 0.29) is 15.8 Å². The number of hydrogen-bond donors (Lipinski definition) is 0. The van der Waals surface area contributed by atoms with Crippen LogP contribution in [0, 0.1) is 0 Å². The van der Waals surface area contributed by atoms with Crippen molar-refractivity contribution in [3.05, 3.63) is 61.5 Å². The third-order valence-corrected chi connectivity index (χ3v) is 3.80. The van der Waals surface area contributed by atoms with Crippen LogP contribution < -0.4 is 4.74 Å². The lowest BCUT2D eigenvalue weighted by Gasteiger charge is -2.07. The van der Waals surface area contributed by atoms with Gasteiger partial charge in [-0.3, -0.25) is 0 Å². The molecule has 0 radical (unpaired) electrons.